The quantitative estimate of drug-likeness (QED) is 0.889. The van der Waals surface area contributed by atoms with Crippen LogP contribution in [0.5, 0.6) is 0 Å². The smallest absolute Gasteiger partial charge is 0.129 e. The lowest BCUT2D eigenvalue weighted by Crippen LogP contribution is -2.25. The minimum absolute atomic E-state index is 0.257. The Morgan fingerprint density at radius 3 is 2.68 bits per heavy atom. The molecule has 0 saturated carbocycles. The van der Waals surface area contributed by atoms with Crippen LogP contribution in [0.1, 0.15) is 41.3 Å². The number of hydrogen-bond acceptors (Lipinski definition) is 3. The van der Waals surface area contributed by atoms with E-state index in [1.54, 1.807) is 12.1 Å². The summed E-state index contributed by atoms with van der Waals surface area (Å²) < 4.78 is 13.9. The van der Waals surface area contributed by atoms with Crippen molar-refractivity contribution in [1.82, 2.24) is 5.32 Å². The van der Waals surface area contributed by atoms with Gasteiger partial charge in [-0.15, -0.1) is 0 Å². The van der Waals surface area contributed by atoms with E-state index >= 15 is 0 Å². The second-order valence-electron chi connectivity index (χ2n) is 5.41. The maximum Gasteiger partial charge on any atom is 0.129 e. The maximum atomic E-state index is 13.9. The molecule has 0 aromatic heterocycles. The van der Waals surface area contributed by atoms with Gasteiger partial charge < -0.3 is 10.4 Å². The number of aryl methyl sites for hydroxylation is 1. The molecule has 3 nitrogen and oxygen atoms in total. The fourth-order valence-electron chi connectivity index (χ4n) is 2.34. The lowest BCUT2D eigenvalue weighted by molar-refractivity contribution is 0.170. The average molecular weight is 298 g/mol. The summed E-state index contributed by atoms with van der Waals surface area (Å²) >= 11 is 0. The molecule has 0 spiro atoms. The summed E-state index contributed by atoms with van der Waals surface area (Å²) in [6.45, 7) is 4.12. The normalized spacial score (nSPS) is 13.4. The van der Waals surface area contributed by atoms with Crippen molar-refractivity contribution in [3.05, 3.63) is 70.5 Å². The standard InChI is InChI=1S/C18H19FN2O/c1-12-4-3-5-15(8-12)18(22)11-21-13(2)16-7-6-14(10-20)9-17(16)19/h3-9,13,18,21-22H,11H2,1-2H3. The molecule has 2 rings (SSSR count). The third kappa shape index (κ3) is 3.91. The Balaban J connectivity index is 2.01. The van der Waals surface area contributed by atoms with Crippen LogP contribution in [0, 0.1) is 24.1 Å². The van der Waals surface area contributed by atoms with E-state index in [4.69, 9.17) is 5.26 Å². The zero-order chi connectivity index (χ0) is 16.1. The first-order valence-corrected chi connectivity index (χ1v) is 7.19. The number of aliphatic hydroxyl groups excluding tert-OH is 1. The number of halogens is 1. The Morgan fingerprint density at radius 2 is 2.05 bits per heavy atom. The molecular formula is C18H19FN2O. The molecule has 0 amide bonds. The van der Waals surface area contributed by atoms with Gasteiger partial charge >= 0.3 is 0 Å². The third-order valence-electron chi connectivity index (χ3n) is 3.64. The van der Waals surface area contributed by atoms with Crippen molar-refractivity contribution in [3.63, 3.8) is 0 Å². The zero-order valence-electron chi connectivity index (χ0n) is 12.7. The Labute approximate surface area is 130 Å². The van der Waals surface area contributed by atoms with Crippen LogP contribution in [0.2, 0.25) is 0 Å². The molecule has 114 valence electrons. The molecule has 0 radical (unpaired) electrons. The van der Waals surface area contributed by atoms with Gasteiger partial charge in [0, 0.05) is 18.2 Å². The molecule has 4 heteroatoms. The Kier molecular flexibility index (Phi) is 5.26. The van der Waals surface area contributed by atoms with Crippen molar-refractivity contribution in [2.45, 2.75) is 26.0 Å². The predicted molar refractivity (Wildman–Crippen MR) is 83.7 cm³/mol. The highest BCUT2D eigenvalue weighted by atomic mass is 19.1. The fraction of sp³-hybridized carbons (Fsp3) is 0.278. The molecule has 22 heavy (non-hydrogen) atoms. The van der Waals surface area contributed by atoms with Gasteiger partial charge in [-0.2, -0.15) is 5.26 Å². The molecule has 2 atom stereocenters. The van der Waals surface area contributed by atoms with Crippen LogP contribution in [0.4, 0.5) is 4.39 Å². The Morgan fingerprint density at radius 1 is 1.27 bits per heavy atom. The minimum atomic E-state index is -0.649. The van der Waals surface area contributed by atoms with Crippen molar-refractivity contribution < 1.29 is 9.50 Å². The number of nitrogens with zero attached hydrogens (tertiary/aromatic N) is 1. The maximum absolute atomic E-state index is 13.9. The Bertz CT molecular complexity index is 694. The number of rotatable bonds is 5. The van der Waals surface area contributed by atoms with Crippen LogP contribution in [-0.4, -0.2) is 11.7 Å². The molecule has 0 saturated heterocycles. The number of nitriles is 1. The summed E-state index contributed by atoms with van der Waals surface area (Å²) in [4.78, 5) is 0. The van der Waals surface area contributed by atoms with Crippen LogP contribution < -0.4 is 5.32 Å². The highest BCUT2D eigenvalue weighted by molar-refractivity contribution is 5.34. The zero-order valence-corrected chi connectivity index (χ0v) is 12.7. The molecule has 2 aromatic rings. The first kappa shape index (κ1) is 16.2. The van der Waals surface area contributed by atoms with E-state index in [1.165, 1.54) is 6.07 Å². The van der Waals surface area contributed by atoms with Gasteiger partial charge in [0.25, 0.3) is 0 Å². The minimum Gasteiger partial charge on any atom is -0.387 e. The van der Waals surface area contributed by atoms with Gasteiger partial charge in [0.15, 0.2) is 0 Å². The molecule has 2 unspecified atom stereocenters. The molecule has 0 aliphatic rings. The van der Waals surface area contributed by atoms with Gasteiger partial charge in [0.05, 0.1) is 17.7 Å². The highest BCUT2D eigenvalue weighted by Crippen LogP contribution is 2.19. The van der Waals surface area contributed by atoms with E-state index in [2.05, 4.69) is 5.32 Å². The molecule has 2 aromatic carbocycles. The summed E-state index contributed by atoms with van der Waals surface area (Å²) in [5, 5.41) is 22.1. The molecule has 0 aliphatic carbocycles. The van der Waals surface area contributed by atoms with Crippen molar-refractivity contribution in [2.75, 3.05) is 6.54 Å². The van der Waals surface area contributed by atoms with Crippen molar-refractivity contribution in [3.8, 4) is 6.07 Å². The van der Waals surface area contributed by atoms with E-state index < -0.39 is 11.9 Å². The average Bonchev–Trinajstić information content (AvgIpc) is 2.52. The SMILES string of the molecule is Cc1cccc(C(O)CNC(C)c2ccc(C#N)cc2F)c1. The number of benzene rings is 2. The van der Waals surface area contributed by atoms with Crippen LogP contribution in [0.3, 0.4) is 0 Å². The fourth-order valence-corrected chi connectivity index (χ4v) is 2.34. The summed E-state index contributed by atoms with van der Waals surface area (Å²) in [6.07, 6.45) is -0.649. The monoisotopic (exact) mass is 298 g/mol. The molecular weight excluding hydrogens is 279 g/mol. The molecule has 0 heterocycles. The van der Waals surface area contributed by atoms with Crippen molar-refractivity contribution >= 4 is 0 Å². The van der Waals surface area contributed by atoms with E-state index in [0.717, 1.165) is 11.1 Å². The lowest BCUT2D eigenvalue weighted by Gasteiger charge is -2.18. The number of aliphatic hydroxyl groups is 1. The van der Waals surface area contributed by atoms with Crippen LogP contribution in [0.15, 0.2) is 42.5 Å². The summed E-state index contributed by atoms with van der Waals surface area (Å²) in [7, 11) is 0. The van der Waals surface area contributed by atoms with E-state index in [1.807, 2.05) is 44.2 Å². The van der Waals surface area contributed by atoms with Gasteiger partial charge in [0.2, 0.25) is 0 Å². The second-order valence-corrected chi connectivity index (χ2v) is 5.41. The topological polar surface area (TPSA) is 56.0 Å². The van der Waals surface area contributed by atoms with E-state index in [9.17, 15) is 9.50 Å². The van der Waals surface area contributed by atoms with Gasteiger partial charge in [-0.1, -0.05) is 35.9 Å². The predicted octanol–water partition coefficient (Wildman–Crippen LogP) is 3.39. The largest absolute Gasteiger partial charge is 0.387 e. The summed E-state index contributed by atoms with van der Waals surface area (Å²) in [6, 6.07) is 13.7. The first-order chi connectivity index (χ1) is 10.5. The van der Waals surface area contributed by atoms with Crippen molar-refractivity contribution in [2.24, 2.45) is 0 Å². The molecule has 2 N–H and O–H groups in total. The van der Waals surface area contributed by atoms with Crippen LogP contribution >= 0.6 is 0 Å². The van der Waals surface area contributed by atoms with E-state index in [0.29, 0.717) is 17.7 Å². The highest BCUT2D eigenvalue weighted by Gasteiger charge is 2.14. The summed E-state index contributed by atoms with van der Waals surface area (Å²) in [5.74, 6) is -0.413. The van der Waals surface area contributed by atoms with Crippen molar-refractivity contribution in [1.29, 1.82) is 5.26 Å². The van der Waals surface area contributed by atoms with Crippen LogP contribution in [-0.2, 0) is 0 Å². The van der Waals surface area contributed by atoms with Crippen LogP contribution in [0.25, 0.3) is 0 Å². The molecule has 0 fully saturated rings. The number of hydrogen-bond donors (Lipinski definition) is 2. The summed E-state index contributed by atoms with van der Waals surface area (Å²) in [5.41, 5.74) is 2.70. The number of nitrogens with one attached hydrogen (secondary N) is 1. The molecule has 0 bridgehead atoms. The van der Waals surface area contributed by atoms with Gasteiger partial charge in [-0.3, -0.25) is 0 Å². The third-order valence-corrected chi connectivity index (χ3v) is 3.64. The van der Waals surface area contributed by atoms with Gasteiger partial charge in [0.1, 0.15) is 5.82 Å². The first-order valence-electron chi connectivity index (χ1n) is 7.19. The second kappa shape index (κ2) is 7.17. The lowest BCUT2D eigenvalue weighted by atomic mass is 10.0. The Hall–Kier alpha value is -2.22. The van der Waals surface area contributed by atoms with Gasteiger partial charge in [-0.25, -0.2) is 4.39 Å². The van der Waals surface area contributed by atoms with E-state index in [-0.39, 0.29) is 6.04 Å². The van der Waals surface area contributed by atoms with Gasteiger partial charge in [-0.05, 0) is 31.5 Å². The molecule has 0 aliphatic heterocycles.